The van der Waals surface area contributed by atoms with Gasteiger partial charge in [-0.15, -0.1) is 10.2 Å². The Bertz CT molecular complexity index is 591. The molecule has 0 radical (unpaired) electrons. The Morgan fingerprint density at radius 2 is 2.30 bits per heavy atom. The van der Waals surface area contributed by atoms with Gasteiger partial charge in [-0.25, -0.2) is 0 Å². The lowest BCUT2D eigenvalue weighted by atomic mass is 10.2. The largest absolute Gasteiger partial charge is 0.383 e. The molecule has 0 aliphatic carbocycles. The first-order valence-corrected chi connectivity index (χ1v) is 7.29. The Hall–Kier alpha value is -1.60. The van der Waals surface area contributed by atoms with Crippen molar-refractivity contribution in [2.45, 2.75) is 25.5 Å². The number of thioether (sulfide) groups is 1. The molecule has 7 heteroatoms. The van der Waals surface area contributed by atoms with Gasteiger partial charge in [0.2, 0.25) is 0 Å². The van der Waals surface area contributed by atoms with Crippen molar-refractivity contribution in [1.82, 2.24) is 19.7 Å². The van der Waals surface area contributed by atoms with Gasteiger partial charge in [0.15, 0.2) is 10.9 Å². The first-order valence-electron chi connectivity index (χ1n) is 6.30. The number of aromatic amines is 1. The van der Waals surface area contributed by atoms with Gasteiger partial charge in [-0.05, 0) is 19.9 Å². The predicted octanol–water partition coefficient (Wildman–Crippen LogP) is 1.84. The molecular formula is C13H18N4O2S. The number of carbonyl (C=O) groups is 1. The van der Waals surface area contributed by atoms with Gasteiger partial charge in [-0.2, -0.15) is 0 Å². The molecule has 0 atom stereocenters. The number of hydrogen-bond acceptors (Lipinski definition) is 5. The van der Waals surface area contributed by atoms with Crippen molar-refractivity contribution >= 4 is 17.5 Å². The van der Waals surface area contributed by atoms with Gasteiger partial charge in [-0.3, -0.25) is 4.79 Å². The highest BCUT2D eigenvalue weighted by molar-refractivity contribution is 7.99. The van der Waals surface area contributed by atoms with E-state index in [9.17, 15) is 4.79 Å². The number of hydrogen-bond donors (Lipinski definition) is 1. The lowest BCUT2D eigenvalue weighted by molar-refractivity contribution is 0.102. The zero-order valence-corrected chi connectivity index (χ0v) is 12.7. The summed E-state index contributed by atoms with van der Waals surface area (Å²) in [5, 5.41) is 8.63. The summed E-state index contributed by atoms with van der Waals surface area (Å²) in [6.07, 6.45) is 1.65. The van der Waals surface area contributed by atoms with Gasteiger partial charge in [0.25, 0.3) is 0 Å². The van der Waals surface area contributed by atoms with E-state index >= 15 is 0 Å². The normalized spacial score (nSPS) is 10.9. The van der Waals surface area contributed by atoms with Crippen molar-refractivity contribution in [3.63, 3.8) is 0 Å². The number of ether oxygens (including phenoxy) is 1. The minimum absolute atomic E-state index is 0.0955. The average molecular weight is 294 g/mol. The molecular weight excluding hydrogens is 276 g/mol. The Morgan fingerprint density at radius 1 is 1.50 bits per heavy atom. The molecule has 0 saturated heterocycles. The molecule has 2 aromatic heterocycles. The Labute approximate surface area is 121 Å². The summed E-state index contributed by atoms with van der Waals surface area (Å²) in [5.41, 5.74) is 2.66. The zero-order valence-electron chi connectivity index (χ0n) is 11.8. The second-order valence-electron chi connectivity index (χ2n) is 4.50. The molecule has 20 heavy (non-hydrogen) atoms. The summed E-state index contributed by atoms with van der Waals surface area (Å²) in [5.74, 6) is 0.447. The van der Waals surface area contributed by atoms with Gasteiger partial charge >= 0.3 is 0 Å². The van der Waals surface area contributed by atoms with Crippen LogP contribution in [0, 0.1) is 13.8 Å². The predicted molar refractivity (Wildman–Crippen MR) is 77.2 cm³/mol. The van der Waals surface area contributed by atoms with Crippen molar-refractivity contribution in [2.75, 3.05) is 19.5 Å². The lowest BCUT2D eigenvalue weighted by Crippen LogP contribution is -2.07. The molecule has 6 nitrogen and oxygen atoms in total. The van der Waals surface area contributed by atoms with Crippen LogP contribution in [-0.4, -0.2) is 45.0 Å². The summed E-state index contributed by atoms with van der Waals surface area (Å²) < 4.78 is 6.91. The quantitative estimate of drug-likeness (QED) is 0.623. The standard InChI is InChI=1S/C13H18N4O2S/c1-9-6-11(10(2)15-9)12(18)7-20-13-16-14-8-17(13)4-5-19-3/h6,8,15H,4-5,7H2,1-3H3. The molecule has 0 unspecified atom stereocenters. The van der Waals surface area contributed by atoms with E-state index in [4.69, 9.17) is 4.74 Å². The second-order valence-corrected chi connectivity index (χ2v) is 5.45. The van der Waals surface area contributed by atoms with Gasteiger partial charge in [0, 0.05) is 30.6 Å². The molecule has 2 rings (SSSR count). The first-order chi connectivity index (χ1) is 9.61. The SMILES string of the molecule is COCCn1cnnc1SCC(=O)c1cc(C)[nH]c1C. The molecule has 0 spiro atoms. The highest BCUT2D eigenvalue weighted by Crippen LogP contribution is 2.18. The summed E-state index contributed by atoms with van der Waals surface area (Å²) >= 11 is 1.40. The van der Waals surface area contributed by atoms with Crippen LogP contribution in [0.15, 0.2) is 17.6 Å². The smallest absolute Gasteiger partial charge is 0.191 e. The van der Waals surface area contributed by atoms with Crippen molar-refractivity contribution in [3.8, 4) is 0 Å². The number of ketones is 1. The fourth-order valence-electron chi connectivity index (χ4n) is 1.92. The van der Waals surface area contributed by atoms with E-state index in [1.54, 1.807) is 13.4 Å². The number of nitrogens with one attached hydrogen (secondary N) is 1. The fraction of sp³-hybridized carbons (Fsp3) is 0.462. The van der Waals surface area contributed by atoms with Crippen molar-refractivity contribution in [1.29, 1.82) is 0 Å². The highest BCUT2D eigenvalue weighted by atomic mass is 32.2. The molecule has 108 valence electrons. The molecule has 2 heterocycles. The number of aryl methyl sites for hydroxylation is 2. The first kappa shape index (κ1) is 14.8. The number of aromatic nitrogens is 4. The van der Waals surface area contributed by atoms with E-state index < -0.39 is 0 Å². The lowest BCUT2D eigenvalue weighted by Gasteiger charge is -2.04. The van der Waals surface area contributed by atoms with Gasteiger partial charge < -0.3 is 14.3 Å². The number of H-pyrrole nitrogens is 1. The molecule has 2 aromatic rings. The molecule has 0 fully saturated rings. The number of carbonyl (C=O) groups excluding carboxylic acids is 1. The summed E-state index contributed by atoms with van der Waals surface area (Å²) in [4.78, 5) is 15.3. The van der Waals surface area contributed by atoms with Crippen LogP contribution in [0.4, 0.5) is 0 Å². The monoisotopic (exact) mass is 294 g/mol. The molecule has 0 aliphatic rings. The Morgan fingerprint density at radius 3 is 2.95 bits per heavy atom. The maximum atomic E-state index is 12.2. The Kier molecular flexibility index (Phi) is 4.97. The topological polar surface area (TPSA) is 72.8 Å². The third-order valence-electron chi connectivity index (χ3n) is 2.90. The molecule has 0 bridgehead atoms. The highest BCUT2D eigenvalue weighted by Gasteiger charge is 2.14. The summed E-state index contributed by atoms with van der Waals surface area (Å²) in [7, 11) is 1.65. The molecule has 0 saturated carbocycles. The van der Waals surface area contributed by atoms with Crippen LogP contribution in [0.5, 0.6) is 0 Å². The third-order valence-corrected chi connectivity index (χ3v) is 3.88. The number of nitrogens with zero attached hydrogens (tertiary/aromatic N) is 3. The van der Waals surface area contributed by atoms with E-state index in [1.807, 2.05) is 24.5 Å². The van der Waals surface area contributed by atoms with E-state index in [-0.39, 0.29) is 5.78 Å². The minimum Gasteiger partial charge on any atom is -0.383 e. The van der Waals surface area contributed by atoms with Crippen molar-refractivity contribution in [2.24, 2.45) is 0 Å². The van der Waals surface area contributed by atoms with Crippen molar-refractivity contribution < 1.29 is 9.53 Å². The number of methoxy groups -OCH3 is 1. The molecule has 0 aliphatic heterocycles. The van der Waals surface area contributed by atoms with Crippen LogP contribution < -0.4 is 0 Å². The van der Waals surface area contributed by atoms with E-state index in [1.165, 1.54) is 11.8 Å². The van der Waals surface area contributed by atoms with Crippen LogP contribution in [-0.2, 0) is 11.3 Å². The van der Waals surface area contributed by atoms with E-state index in [0.29, 0.717) is 18.9 Å². The molecule has 0 aromatic carbocycles. The zero-order chi connectivity index (χ0) is 14.5. The van der Waals surface area contributed by atoms with Crippen LogP contribution in [0.2, 0.25) is 0 Å². The van der Waals surface area contributed by atoms with Gasteiger partial charge in [0.1, 0.15) is 6.33 Å². The van der Waals surface area contributed by atoms with Gasteiger partial charge in [0.05, 0.1) is 12.4 Å². The van der Waals surface area contributed by atoms with Gasteiger partial charge in [-0.1, -0.05) is 11.8 Å². The maximum absolute atomic E-state index is 12.2. The van der Waals surface area contributed by atoms with E-state index in [2.05, 4.69) is 15.2 Å². The van der Waals surface area contributed by atoms with Crippen molar-refractivity contribution in [3.05, 3.63) is 29.3 Å². The van der Waals surface area contributed by atoms with Crippen LogP contribution in [0.3, 0.4) is 0 Å². The maximum Gasteiger partial charge on any atom is 0.191 e. The summed E-state index contributed by atoms with van der Waals surface area (Å²) in [6, 6.07) is 1.88. The number of Topliss-reactive ketones (excluding diaryl/α,β-unsaturated/α-hetero) is 1. The van der Waals surface area contributed by atoms with Crippen LogP contribution >= 0.6 is 11.8 Å². The fourth-order valence-corrected chi connectivity index (χ4v) is 2.75. The number of rotatable bonds is 7. The minimum atomic E-state index is 0.0955. The van der Waals surface area contributed by atoms with Crippen LogP contribution in [0.1, 0.15) is 21.7 Å². The average Bonchev–Trinajstić information content (AvgIpc) is 2.99. The summed E-state index contributed by atoms with van der Waals surface area (Å²) in [6.45, 7) is 5.13. The van der Waals surface area contributed by atoms with Crippen LogP contribution in [0.25, 0.3) is 0 Å². The third kappa shape index (κ3) is 3.49. The molecule has 1 N–H and O–H groups in total. The molecule has 0 amide bonds. The second kappa shape index (κ2) is 6.71. The Balaban J connectivity index is 1.97. The van der Waals surface area contributed by atoms with E-state index in [0.717, 1.165) is 22.1 Å².